The molecule has 6 heteroatoms. The number of hydrogen-bond acceptors (Lipinski definition) is 3. The van der Waals surface area contributed by atoms with Crippen LogP contribution in [0.2, 0.25) is 5.02 Å². The smallest absolute Gasteiger partial charge is 0.231 e. The van der Waals surface area contributed by atoms with Crippen LogP contribution in [0.4, 0.5) is 10.1 Å². The van der Waals surface area contributed by atoms with Gasteiger partial charge in [0.1, 0.15) is 5.82 Å². The summed E-state index contributed by atoms with van der Waals surface area (Å²) in [4.78, 5) is 23.7. The summed E-state index contributed by atoms with van der Waals surface area (Å²) >= 11 is 5.60. The Balaban J connectivity index is 2.00. The van der Waals surface area contributed by atoms with Crippen LogP contribution in [0.25, 0.3) is 0 Å². The molecule has 1 N–H and O–H groups in total. The van der Waals surface area contributed by atoms with Crippen LogP contribution in [0.15, 0.2) is 18.2 Å². The standard InChI is InChI=1S/C11H10ClFN2O2/c12-8-5-7(1-2-9(8)13)14-6-15-10(16)3-4-11(15)17/h1-2,5,14H,3-4,6H2. The lowest BCUT2D eigenvalue weighted by Gasteiger charge is -2.15. The van der Waals surface area contributed by atoms with Crippen LogP contribution in [0.3, 0.4) is 0 Å². The van der Waals surface area contributed by atoms with Gasteiger partial charge in [0.2, 0.25) is 11.8 Å². The molecule has 2 rings (SSSR count). The first kappa shape index (κ1) is 11.9. The number of imide groups is 1. The van der Waals surface area contributed by atoms with Crippen LogP contribution < -0.4 is 5.32 Å². The normalized spacial score (nSPS) is 15.5. The molecule has 0 saturated carbocycles. The van der Waals surface area contributed by atoms with Crippen LogP contribution in [0, 0.1) is 5.82 Å². The van der Waals surface area contributed by atoms with Gasteiger partial charge in [0, 0.05) is 18.5 Å². The minimum absolute atomic E-state index is 0.00549. The van der Waals surface area contributed by atoms with Gasteiger partial charge in [-0.05, 0) is 18.2 Å². The molecule has 1 aliphatic rings. The number of benzene rings is 1. The van der Waals surface area contributed by atoms with E-state index in [0.29, 0.717) is 5.69 Å². The molecule has 90 valence electrons. The molecule has 0 radical (unpaired) electrons. The van der Waals surface area contributed by atoms with E-state index in [2.05, 4.69) is 5.32 Å². The van der Waals surface area contributed by atoms with Gasteiger partial charge in [-0.3, -0.25) is 14.5 Å². The molecule has 1 aliphatic heterocycles. The Bertz CT molecular complexity index is 463. The van der Waals surface area contributed by atoms with Crippen molar-refractivity contribution in [3.63, 3.8) is 0 Å². The van der Waals surface area contributed by atoms with E-state index >= 15 is 0 Å². The zero-order valence-electron chi connectivity index (χ0n) is 8.87. The quantitative estimate of drug-likeness (QED) is 0.842. The van der Waals surface area contributed by atoms with Gasteiger partial charge in [-0.25, -0.2) is 4.39 Å². The average Bonchev–Trinajstić information content (AvgIpc) is 2.61. The summed E-state index contributed by atoms with van der Waals surface area (Å²) in [6, 6.07) is 4.12. The molecule has 2 amide bonds. The van der Waals surface area contributed by atoms with Crippen molar-refractivity contribution in [1.29, 1.82) is 0 Å². The Morgan fingerprint density at radius 2 is 1.94 bits per heavy atom. The summed E-state index contributed by atoms with van der Waals surface area (Å²) in [5.41, 5.74) is 0.559. The van der Waals surface area contributed by atoms with Gasteiger partial charge < -0.3 is 5.32 Å². The fourth-order valence-electron chi connectivity index (χ4n) is 1.58. The Kier molecular flexibility index (Phi) is 3.28. The highest BCUT2D eigenvalue weighted by Crippen LogP contribution is 2.20. The van der Waals surface area contributed by atoms with Gasteiger partial charge in [-0.2, -0.15) is 0 Å². The molecule has 0 spiro atoms. The topological polar surface area (TPSA) is 49.4 Å². The van der Waals surface area contributed by atoms with Crippen LogP contribution in [0.5, 0.6) is 0 Å². The molecular formula is C11H10ClFN2O2. The summed E-state index contributed by atoms with van der Waals surface area (Å²) in [5.74, 6) is -0.906. The Hall–Kier alpha value is -1.62. The van der Waals surface area contributed by atoms with Gasteiger partial charge in [0.05, 0.1) is 11.7 Å². The fourth-order valence-corrected chi connectivity index (χ4v) is 1.76. The fraction of sp³-hybridized carbons (Fsp3) is 0.273. The summed E-state index contributed by atoms with van der Waals surface area (Å²) in [6.07, 6.45) is 0.509. The third kappa shape index (κ3) is 2.55. The monoisotopic (exact) mass is 256 g/mol. The van der Waals surface area contributed by atoms with Crippen molar-refractivity contribution in [2.45, 2.75) is 12.8 Å². The summed E-state index contributed by atoms with van der Waals surface area (Å²) in [6.45, 7) is 0.0830. The van der Waals surface area contributed by atoms with Gasteiger partial charge in [0.15, 0.2) is 0 Å². The van der Waals surface area contributed by atoms with Crippen molar-refractivity contribution in [3.05, 3.63) is 29.0 Å². The maximum absolute atomic E-state index is 12.9. The number of likely N-dealkylation sites (tertiary alicyclic amines) is 1. The number of anilines is 1. The third-order valence-electron chi connectivity index (χ3n) is 2.52. The third-order valence-corrected chi connectivity index (χ3v) is 2.81. The zero-order valence-corrected chi connectivity index (χ0v) is 9.63. The summed E-state index contributed by atoms with van der Waals surface area (Å²) in [7, 11) is 0. The molecule has 0 aliphatic carbocycles. The van der Waals surface area contributed by atoms with Crippen molar-refractivity contribution in [3.8, 4) is 0 Å². The molecule has 0 unspecified atom stereocenters. The number of carbonyl (C=O) groups is 2. The van der Waals surface area contributed by atoms with E-state index in [0.717, 1.165) is 4.90 Å². The molecule has 1 aromatic carbocycles. The largest absolute Gasteiger partial charge is 0.367 e. The number of rotatable bonds is 3. The van der Waals surface area contributed by atoms with Crippen molar-refractivity contribution >= 4 is 29.1 Å². The van der Waals surface area contributed by atoms with Crippen molar-refractivity contribution in [1.82, 2.24) is 4.90 Å². The second-order valence-corrected chi connectivity index (χ2v) is 4.09. The molecule has 1 fully saturated rings. The first-order chi connectivity index (χ1) is 8.08. The van der Waals surface area contributed by atoms with E-state index in [-0.39, 0.29) is 36.3 Å². The van der Waals surface area contributed by atoms with Gasteiger partial charge in [0.25, 0.3) is 0 Å². The number of hydrogen-bond donors (Lipinski definition) is 1. The molecular weight excluding hydrogens is 247 g/mol. The highest BCUT2D eigenvalue weighted by atomic mass is 35.5. The number of nitrogens with one attached hydrogen (secondary N) is 1. The highest BCUT2D eigenvalue weighted by Gasteiger charge is 2.28. The Morgan fingerprint density at radius 1 is 1.29 bits per heavy atom. The van der Waals surface area contributed by atoms with Gasteiger partial charge in [-0.15, -0.1) is 0 Å². The number of halogens is 2. The lowest BCUT2D eigenvalue weighted by atomic mass is 10.3. The zero-order chi connectivity index (χ0) is 12.4. The minimum atomic E-state index is -0.509. The molecule has 0 atom stereocenters. The molecule has 0 aromatic heterocycles. The second-order valence-electron chi connectivity index (χ2n) is 3.68. The lowest BCUT2D eigenvalue weighted by molar-refractivity contribution is -0.137. The molecule has 1 saturated heterocycles. The number of carbonyl (C=O) groups excluding carboxylic acids is 2. The molecule has 4 nitrogen and oxygen atoms in total. The number of nitrogens with zero attached hydrogens (tertiary/aromatic N) is 1. The van der Waals surface area contributed by atoms with E-state index in [9.17, 15) is 14.0 Å². The average molecular weight is 257 g/mol. The van der Waals surface area contributed by atoms with E-state index in [1.165, 1.54) is 18.2 Å². The molecule has 17 heavy (non-hydrogen) atoms. The Morgan fingerprint density at radius 3 is 2.53 bits per heavy atom. The maximum atomic E-state index is 12.9. The lowest BCUT2D eigenvalue weighted by Crippen LogP contribution is -2.33. The van der Waals surface area contributed by atoms with E-state index < -0.39 is 5.82 Å². The number of amides is 2. The van der Waals surface area contributed by atoms with Gasteiger partial charge in [-0.1, -0.05) is 11.6 Å². The van der Waals surface area contributed by atoms with E-state index in [1.807, 2.05) is 0 Å². The predicted octanol–water partition coefficient (Wildman–Crippen LogP) is 2.00. The first-order valence-electron chi connectivity index (χ1n) is 5.10. The van der Waals surface area contributed by atoms with Crippen LogP contribution in [-0.4, -0.2) is 23.4 Å². The van der Waals surface area contributed by atoms with Crippen molar-refractivity contribution < 1.29 is 14.0 Å². The summed E-state index contributed by atoms with van der Waals surface area (Å²) in [5, 5.41) is 2.84. The van der Waals surface area contributed by atoms with Crippen LogP contribution in [0.1, 0.15) is 12.8 Å². The SMILES string of the molecule is O=C1CCC(=O)N1CNc1ccc(F)c(Cl)c1. The van der Waals surface area contributed by atoms with Gasteiger partial charge >= 0.3 is 0 Å². The highest BCUT2D eigenvalue weighted by molar-refractivity contribution is 6.31. The second kappa shape index (κ2) is 4.71. The van der Waals surface area contributed by atoms with Crippen molar-refractivity contribution in [2.24, 2.45) is 0 Å². The van der Waals surface area contributed by atoms with Crippen LogP contribution in [-0.2, 0) is 9.59 Å². The minimum Gasteiger partial charge on any atom is -0.367 e. The van der Waals surface area contributed by atoms with Crippen LogP contribution >= 0.6 is 11.6 Å². The first-order valence-corrected chi connectivity index (χ1v) is 5.48. The molecule has 1 aromatic rings. The predicted molar refractivity (Wildman–Crippen MR) is 61.0 cm³/mol. The van der Waals surface area contributed by atoms with E-state index in [4.69, 9.17) is 11.6 Å². The maximum Gasteiger partial charge on any atom is 0.231 e. The molecule has 0 bridgehead atoms. The Labute approximate surface area is 102 Å². The van der Waals surface area contributed by atoms with E-state index in [1.54, 1.807) is 0 Å². The molecule has 1 heterocycles. The van der Waals surface area contributed by atoms with Crippen molar-refractivity contribution in [2.75, 3.05) is 12.0 Å². The summed E-state index contributed by atoms with van der Waals surface area (Å²) < 4.78 is 12.9.